The third-order valence-corrected chi connectivity index (χ3v) is 5.32. The van der Waals surface area contributed by atoms with E-state index in [4.69, 9.17) is 9.47 Å². The lowest BCUT2D eigenvalue weighted by atomic mass is 9.94. The summed E-state index contributed by atoms with van der Waals surface area (Å²) < 4.78 is 38.1. The number of anilines is 1. The minimum atomic E-state index is -3.29. The molecule has 7 heteroatoms. The Bertz CT molecular complexity index is 881. The fourth-order valence-corrected chi connectivity index (χ4v) is 3.60. The van der Waals surface area contributed by atoms with Crippen molar-refractivity contribution in [2.45, 2.75) is 64.6 Å². The molecule has 168 valence electrons. The van der Waals surface area contributed by atoms with Crippen LogP contribution in [0, 0.1) is 0 Å². The Kier molecular flexibility index (Phi) is 7.13. The van der Waals surface area contributed by atoms with Crippen molar-refractivity contribution in [3.63, 3.8) is 0 Å². The molecule has 3 rings (SSSR count). The maximum atomic E-state index is 13.1. The smallest absolute Gasteiger partial charge is 0.302 e. The number of ketones is 1. The summed E-state index contributed by atoms with van der Waals surface area (Å²) in [6.07, 6.45) is 2.57. The highest BCUT2D eigenvalue weighted by molar-refractivity contribution is 5.85. The number of carbonyl (C=O) groups is 1. The molecule has 1 fully saturated rings. The molecule has 31 heavy (non-hydrogen) atoms. The van der Waals surface area contributed by atoms with Gasteiger partial charge in [-0.3, -0.25) is 4.79 Å². The van der Waals surface area contributed by atoms with E-state index in [9.17, 15) is 13.6 Å². The zero-order valence-corrected chi connectivity index (χ0v) is 18.5. The molecule has 1 aliphatic heterocycles. The molecule has 0 radical (unpaired) electrons. The second kappa shape index (κ2) is 9.62. The van der Waals surface area contributed by atoms with Crippen LogP contribution in [0.1, 0.15) is 52.0 Å². The average molecular weight is 433 g/mol. The van der Waals surface area contributed by atoms with E-state index in [0.717, 1.165) is 36.5 Å². The Morgan fingerprint density at radius 2 is 1.94 bits per heavy atom. The summed E-state index contributed by atoms with van der Waals surface area (Å²) in [5.74, 6) is -3.26. The molecule has 0 N–H and O–H groups in total. The number of benzene rings is 1. The van der Waals surface area contributed by atoms with Crippen LogP contribution in [0.2, 0.25) is 0 Å². The van der Waals surface area contributed by atoms with Gasteiger partial charge in [-0.1, -0.05) is 19.1 Å². The van der Waals surface area contributed by atoms with Gasteiger partial charge in [0.2, 0.25) is 11.7 Å². The first-order valence-electron chi connectivity index (χ1n) is 10.7. The van der Waals surface area contributed by atoms with Crippen LogP contribution in [0.15, 0.2) is 42.6 Å². The summed E-state index contributed by atoms with van der Waals surface area (Å²) in [6.45, 7) is 7.99. The van der Waals surface area contributed by atoms with E-state index in [2.05, 4.69) is 9.88 Å². The summed E-state index contributed by atoms with van der Waals surface area (Å²) in [6, 6.07) is 11.3. The molecule has 1 aromatic carbocycles. The molecule has 0 saturated carbocycles. The number of rotatable bonds is 9. The third-order valence-electron chi connectivity index (χ3n) is 5.32. The molecule has 2 aromatic rings. The minimum absolute atomic E-state index is 0.0475. The van der Waals surface area contributed by atoms with Gasteiger partial charge in [-0.15, -0.1) is 0 Å². The van der Waals surface area contributed by atoms with Gasteiger partial charge in [0.25, 0.3) is 0 Å². The van der Waals surface area contributed by atoms with Crippen molar-refractivity contribution < 1.29 is 23.0 Å². The maximum Gasteiger partial charge on any atom is 0.302 e. The Morgan fingerprint density at radius 1 is 1.23 bits per heavy atom. The number of aromatic nitrogens is 1. The first-order valence-corrected chi connectivity index (χ1v) is 10.7. The largest absolute Gasteiger partial charge is 0.489 e. The van der Waals surface area contributed by atoms with E-state index < -0.39 is 11.7 Å². The van der Waals surface area contributed by atoms with E-state index in [1.165, 1.54) is 0 Å². The molecule has 5 nitrogen and oxygen atoms in total. The van der Waals surface area contributed by atoms with Gasteiger partial charge in [0, 0.05) is 44.3 Å². The fourth-order valence-electron chi connectivity index (χ4n) is 3.60. The van der Waals surface area contributed by atoms with Crippen molar-refractivity contribution in [2.75, 3.05) is 18.0 Å². The van der Waals surface area contributed by atoms with Gasteiger partial charge in [0.1, 0.15) is 11.9 Å². The first kappa shape index (κ1) is 23.0. The van der Waals surface area contributed by atoms with Crippen LogP contribution in [0.3, 0.4) is 0 Å². The monoisotopic (exact) mass is 432 g/mol. The number of ether oxygens (including phenoxy) is 2. The summed E-state index contributed by atoms with van der Waals surface area (Å²) in [4.78, 5) is 18.1. The lowest BCUT2D eigenvalue weighted by Gasteiger charge is -2.20. The van der Waals surface area contributed by atoms with Gasteiger partial charge in [-0.05, 0) is 43.5 Å². The van der Waals surface area contributed by atoms with E-state index >= 15 is 0 Å². The first-order chi connectivity index (χ1) is 14.6. The normalized spacial score (nSPS) is 17.6. The molecule has 2 heterocycles. The standard InChI is InChI=1S/C24H30F2N2O3/c1-16(2)30-23-14-19(9-11-27-23)28-12-10-21(15-28)31-20-7-5-18(6-8-20)17(3)13-22(29)24(4,25)26/h5-9,11,14,16-17,21H,10,12-13,15H2,1-4H3/t17-,21?/m1/s1. The topological polar surface area (TPSA) is 51.7 Å². The number of Topliss-reactive ketones (excluding diaryl/α,β-unsaturated/α-hetero) is 1. The number of carbonyl (C=O) groups excluding carboxylic acids is 1. The molecule has 0 amide bonds. The van der Waals surface area contributed by atoms with E-state index in [0.29, 0.717) is 12.8 Å². The quantitative estimate of drug-likeness (QED) is 0.542. The zero-order valence-electron chi connectivity index (χ0n) is 18.5. The Morgan fingerprint density at radius 3 is 2.58 bits per heavy atom. The summed E-state index contributed by atoms with van der Waals surface area (Å²) >= 11 is 0. The predicted molar refractivity (Wildman–Crippen MR) is 116 cm³/mol. The van der Waals surface area contributed by atoms with E-state index in [-0.39, 0.29) is 24.5 Å². The van der Waals surface area contributed by atoms with Gasteiger partial charge >= 0.3 is 5.92 Å². The van der Waals surface area contributed by atoms with Crippen molar-refractivity contribution in [2.24, 2.45) is 0 Å². The van der Waals surface area contributed by atoms with Crippen molar-refractivity contribution >= 4 is 11.5 Å². The summed E-state index contributed by atoms with van der Waals surface area (Å²) in [5, 5.41) is 0. The summed E-state index contributed by atoms with van der Waals surface area (Å²) in [7, 11) is 0. The van der Waals surface area contributed by atoms with E-state index in [1.807, 2.05) is 50.2 Å². The van der Waals surface area contributed by atoms with Gasteiger partial charge in [0.15, 0.2) is 0 Å². The number of hydrogen-bond donors (Lipinski definition) is 0. The molecule has 0 aliphatic carbocycles. The Balaban J connectivity index is 1.55. The number of nitrogens with zero attached hydrogens (tertiary/aromatic N) is 2. The minimum Gasteiger partial charge on any atom is -0.489 e. The highest BCUT2D eigenvalue weighted by Crippen LogP contribution is 2.28. The molecule has 0 bridgehead atoms. The predicted octanol–water partition coefficient (Wildman–Crippen LogP) is 5.24. The van der Waals surface area contributed by atoms with Gasteiger partial charge in [0.05, 0.1) is 12.6 Å². The summed E-state index contributed by atoms with van der Waals surface area (Å²) in [5.41, 5.74) is 1.89. The molecule has 2 atom stereocenters. The number of halogens is 2. The second-order valence-electron chi connectivity index (χ2n) is 8.48. The Hall–Kier alpha value is -2.70. The van der Waals surface area contributed by atoms with Crippen LogP contribution in [0.5, 0.6) is 11.6 Å². The zero-order chi connectivity index (χ0) is 22.6. The van der Waals surface area contributed by atoms with Crippen LogP contribution in [0.25, 0.3) is 0 Å². The second-order valence-corrected chi connectivity index (χ2v) is 8.48. The van der Waals surface area contributed by atoms with E-state index in [1.54, 1.807) is 13.1 Å². The van der Waals surface area contributed by atoms with Crippen LogP contribution < -0.4 is 14.4 Å². The molecule has 0 spiro atoms. The van der Waals surface area contributed by atoms with Crippen LogP contribution in [-0.4, -0.2) is 42.0 Å². The average Bonchev–Trinajstić information content (AvgIpc) is 3.16. The molecular formula is C24H30F2N2O3. The van der Waals surface area contributed by atoms with Gasteiger partial charge < -0.3 is 14.4 Å². The lowest BCUT2D eigenvalue weighted by molar-refractivity contribution is -0.140. The van der Waals surface area contributed by atoms with Gasteiger partial charge in [-0.2, -0.15) is 8.78 Å². The van der Waals surface area contributed by atoms with Crippen LogP contribution in [0.4, 0.5) is 14.5 Å². The maximum absolute atomic E-state index is 13.1. The van der Waals surface area contributed by atoms with Crippen molar-refractivity contribution in [1.82, 2.24) is 4.98 Å². The number of pyridine rings is 1. The van der Waals surface area contributed by atoms with Crippen LogP contribution >= 0.6 is 0 Å². The fraction of sp³-hybridized carbons (Fsp3) is 0.500. The molecule has 1 aliphatic rings. The highest BCUT2D eigenvalue weighted by Gasteiger charge is 2.32. The van der Waals surface area contributed by atoms with Crippen molar-refractivity contribution in [3.05, 3.63) is 48.2 Å². The number of alkyl halides is 2. The highest BCUT2D eigenvalue weighted by atomic mass is 19.3. The van der Waals surface area contributed by atoms with Crippen molar-refractivity contribution in [1.29, 1.82) is 0 Å². The molecule has 1 saturated heterocycles. The molecular weight excluding hydrogens is 402 g/mol. The van der Waals surface area contributed by atoms with Crippen molar-refractivity contribution in [3.8, 4) is 11.6 Å². The Labute approximate surface area is 182 Å². The molecule has 1 aromatic heterocycles. The van der Waals surface area contributed by atoms with Crippen LogP contribution in [-0.2, 0) is 4.79 Å². The third kappa shape index (κ3) is 6.39. The van der Waals surface area contributed by atoms with Gasteiger partial charge in [-0.25, -0.2) is 4.98 Å². The molecule has 1 unspecified atom stereocenters. The SMILES string of the molecule is CC(C)Oc1cc(N2CCC(Oc3ccc([C@H](C)CC(=O)C(C)(F)F)cc3)C2)ccn1. The number of hydrogen-bond acceptors (Lipinski definition) is 5. The lowest BCUT2D eigenvalue weighted by Crippen LogP contribution is -2.25.